The molecule has 2 aromatic rings. The van der Waals surface area contributed by atoms with Crippen molar-refractivity contribution in [2.24, 2.45) is 0 Å². The van der Waals surface area contributed by atoms with Gasteiger partial charge in [0.1, 0.15) is 17.3 Å². The van der Waals surface area contributed by atoms with Gasteiger partial charge in [0.2, 0.25) is 5.78 Å². The standard InChI is InChI=1S/C16H16O4/c1-11-4-9-15(20-11)14(17)8-6-12-5-7-13(18-2)10-16(12)19-3/h4-10H,1-3H3/b8-6+. The second-order valence-corrected chi connectivity index (χ2v) is 4.22. The van der Waals surface area contributed by atoms with E-state index in [0.717, 1.165) is 5.56 Å². The summed E-state index contributed by atoms with van der Waals surface area (Å²) in [5, 5.41) is 0. The van der Waals surface area contributed by atoms with Gasteiger partial charge >= 0.3 is 0 Å². The SMILES string of the molecule is COc1ccc(/C=C/C(=O)c2ccc(C)o2)c(OC)c1. The highest BCUT2D eigenvalue weighted by atomic mass is 16.5. The lowest BCUT2D eigenvalue weighted by Gasteiger charge is -2.06. The smallest absolute Gasteiger partial charge is 0.221 e. The number of aryl methyl sites for hydroxylation is 1. The highest BCUT2D eigenvalue weighted by Crippen LogP contribution is 2.25. The van der Waals surface area contributed by atoms with E-state index in [1.807, 2.05) is 12.1 Å². The minimum Gasteiger partial charge on any atom is -0.497 e. The molecule has 0 saturated heterocycles. The molecule has 0 fully saturated rings. The molecule has 4 nitrogen and oxygen atoms in total. The van der Waals surface area contributed by atoms with Crippen LogP contribution >= 0.6 is 0 Å². The van der Waals surface area contributed by atoms with Gasteiger partial charge in [-0.05, 0) is 43.3 Å². The maximum absolute atomic E-state index is 11.9. The molecule has 0 bridgehead atoms. The zero-order valence-electron chi connectivity index (χ0n) is 11.7. The van der Waals surface area contributed by atoms with Crippen LogP contribution in [0, 0.1) is 6.92 Å². The van der Waals surface area contributed by atoms with E-state index >= 15 is 0 Å². The molecule has 0 amide bonds. The molecule has 0 aliphatic rings. The fourth-order valence-electron chi connectivity index (χ4n) is 1.77. The van der Waals surface area contributed by atoms with E-state index < -0.39 is 0 Å². The van der Waals surface area contributed by atoms with Crippen molar-refractivity contribution in [1.82, 2.24) is 0 Å². The zero-order chi connectivity index (χ0) is 14.5. The van der Waals surface area contributed by atoms with Gasteiger partial charge in [-0.3, -0.25) is 4.79 Å². The quantitative estimate of drug-likeness (QED) is 0.617. The van der Waals surface area contributed by atoms with Crippen molar-refractivity contribution < 1.29 is 18.7 Å². The summed E-state index contributed by atoms with van der Waals surface area (Å²) < 4.78 is 15.7. The third-order valence-electron chi connectivity index (χ3n) is 2.84. The van der Waals surface area contributed by atoms with Gasteiger partial charge in [0.25, 0.3) is 0 Å². The van der Waals surface area contributed by atoms with Gasteiger partial charge in [0.15, 0.2) is 5.76 Å². The zero-order valence-corrected chi connectivity index (χ0v) is 11.7. The molecule has 1 heterocycles. The second-order valence-electron chi connectivity index (χ2n) is 4.22. The van der Waals surface area contributed by atoms with Crippen LogP contribution < -0.4 is 9.47 Å². The Morgan fingerprint density at radius 3 is 2.55 bits per heavy atom. The maximum atomic E-state index is 11.9. The Morgan fingerprint density at radius 2 is 1.95 bits per heavy atom. The molecule has 1 aromatic heterocycles. The van der Waals surface area contributed by atoms with E-state index in [2.05, 4.69) is 0 Å². The number of hydrogen-bond acceptors (Lipinski definition) is 4. The Hall–Kier alpha value is -2.49. The van der Waals surface area contributed by atoms with Gasteiger partial charge in [0, 0.05) is 11.6 Å². The Morgan fingerprint density at radius 1 is 1.15 bits per heavy atom. The Kier molecular flexibility index (Phi) is 4.25. The summed E-state index contributed by atoms with van der Waals surface area (Å²) in [5.74, 6) is 2.20. The summed E-state index contributed by atoms with van der Waals surface area (Å²) >= 11 is 0. The molecule has 0 aliphatic carbocycles. The normalized spacial score (nSPS) is 10.8. The number of ketones is 1. The van der Waals surface area contributed by atoms with Crippen LogP contribution in [-0.4, -0.2) is 20.0 Å². The molecule has 0 unspecified atom stereocenters. The molecule has 20 heavy (non-hydrogen) atoms. The van der Waals surface area contributed by atoms with E-state index in [4.69, 9.17) is 13.9 Å². The summed E-state index contributed by atoms with van der Waals surface area (Å²) in [4.78, 5) is 11.9. The molecule has 0 N–H and O–H groups in total. The summed E-state index contributed by atoms with van der Waals surface area (Å²) in [6.45, 7) is 1.80. The van der Waals surface area contributed by atoms with Crippen molar-refractivity contribution in [3.8, 4) is 11.5 Å². The fourth-order valence-corrected chi connectivity index (χ4v) is 1.77. The van der Waals surface area contributed by atoms with Crippen LogP contribution in [0.15, 0.2) is 40.8 Å². The molecule has 2 rings (SSSR count). The van der Waals surface area contributed by atoms with Crippen molar-refractivity contribution >= 4 is 11.9 Å². The van der Waals surface area contributed by atoms with Crippen LogP contribution in [-0.2, 0) is 0 Å². The average molecular weight is 272 g/mol. The lowest BCUT2D eigenvalue weighted by Crippen LogP contribution is -1.92. The number of ether oxygens (including phenoxy) is 2. The Labute approximate surface area is 117 Å². The molecule has 0 saturated carbocycles. The fraction of sp³-hybridized carbons (Fsp3) is 0.188. The van der Waals surface area contributed by atoms with Crippen molar-refractivity contribution in [3.63, 3.8) is 0 Å². The van der Waals surface area contributed by atoms with Crippen molar-refractivity contribution in [2.75, 3.05) is 14.2 Å². The van der Waals surface area contributed by atoms with Gasteiger partial charge in [0.05, 0.1) is 14.2 Å². The topological polar surface area (TPSA) is 48.7 Å². The number of benzene rings is 1. The van der Waals surface area contributed by atoms with Crippen LogP contribution in [0.1, 0.15) is 21.9 Å². The number of methoxy groups -OCH3 is 2. The first-order chi connectivity index (χ1) is 9.63. The average Bonchev–Trinajstić information content (AvgIpc) is 2.91. The summed E-state index contributed by atoms with van der Waals surface area (Å²) in [6, 6.07) is 8.82. The predicted molar refractivity (Wildman–Crippen MR) is 76.4 cm³/mol. The summed E-state index contributed by atoms with van der Waals surface area (Å²) in [7, 11) is 3.16. The molecule has 0 atom stereocenters. The van der Waals surface area contributed by atoms with Crippen molar-refractivity contribution in [1.29, 1.82) is 0 Å². The van der Waals surface area contributed by atoms with Gasteiger partial charge < -0.3 is 13.9 Å². The summed E-state index contributed by atoms with van der Waals surface area (Å²) in [5.41, 5.74) is 0.796. The predicted octanol–water partition coefficient (Wildman–Crippen LogP) is 3.50. The molecule has 1 aromatic carbocycles. The van der Waals surface area contributed by atoms with Crippen molar-refractivity contribution in [2.45, 2.75) is 6.92 Å². The van der Waals surface area contributed by atoms with Gasteiger partial charge in [-0.2, -0.15) is 0 Å². The highest BCUT2D eigenvalue weighted by molar-refractivity contribution is 6.05. The van der Waals surface area contributed by atoms with E-state index in [1.165, 1.54) is 6.08 Å². The van der Waals surface area contributed by atoms with Crippen LogP contribution in [0.25, 0.3) is 6.08 Å². The Balaban J connectivity index is 2.20. The number of allylic oxidation sites excluding steroid dienone is 1. The number of carbonyl (C=O) groups excluding carboxylic acids is 1. The second kappa shape index (κ2) is 6.10. The molecule has 0 aliphatic heterocycles. The minimum absolute atomic E-state index is 0.184. The van der Waals surface area contributed by atoms with Crippen LogP contribution in [0.3, 0.4) is 0 Å². The van der Waals surface area contributed by atoms with Crippen LogP contribution in [0.2, 0.25) is 0 Å². The molecule has 104 valence electrons. The number of carbonyl (C=O) groups is 1. The van der Waals surface area contributed by atoms with Crippen molar-refractivity contribution in [3.05, 3.63) is 53.5 Å². The molecular weight excluding hydrogens is 256 g/mol. The maximum Gasteiger partial charge on any atom is 0.221 e. The van der Waals surface area contributed by atoms with Crippen LogP contribution in [0.5, 0.6) is 11.5 Å². The van der Waals surface area contributed by atoms with E-state index in [-0.39, 0.29) is 5.78 Å². The van der Waals surface area contributed by atoms with E-state index in [9.17, 15) is 4.79 Å². The molecule has 0 spiro atoms. The summed E-state index contributed by atoms with van der Waals surface area (Å²) in [6.07, 6.45) is 3.15. The lowest BCUT2D eigenvalue weighted by atomic mass is 10.1. The lowest BCUT2D eigenvalue weighted by molar-refractivity contribution is 0.102. The highest BCUT2D eigenvalue weighted by Gasteiger charge is 2.07. The van der Waals surface area contributed by atoms with Gasteiger partial charge in [-0.1, -0.05) is 0 Å². The third-order valence-corrected chi connectivity index (χ3v) is 2.84. The first kappa shape index (κ1) is 13.9. The number of rotatable bonds is 5. The monoisotopic (exact) mass is 272 g/mol. The van der Waals surface area contributed by atoms with Gasteiger partial charge in [-0.25, -0.2) is 0 Å². The molecule has 0 radical (unpaired) electrons. The van der Waals surface area contributed by atoms with E-state index in [0.29, 0.717) is 23.0 Å². The molecule has 4 heteroatoms. The first-order valence-electron chi connectivity index (χ1n) is 6.15. The Bertz CT molecular complexity index is 638. The molecular formula is C16H16O4. The van der Waals surface area contributed by atoms with Gasteiger partial charge in [-0.15, -0.1) is 0 Å². The largest absolute Gasteiger partial charge is 0.497 e. The van der Waals surface area contributed by atoms with Crippen LogP contribution in [0.4, 0.5) is 0 Å². The number of hydrogen-bond donors (Lipinski definition) is 0. The van der Waals surface area contributed by atoms with E-state index in [1.54, 1.807) is 45.4 Å². The minimum atomic E-state index is -0.184. The third kappa shape index (κ3) is 3.09. The first-order valence-corrected chi connectivity index (χ1v) is 6.15. The number of furan rings is 1.